The van der Waals surface area contributed by atoms with E-state index in [4.69, 9.17) is 0 Å². The molecule has 3 aromatic rings. The van der Waals surface area contributed by atoms with Crippen LogP contribution in [0.3, 0.4) is 0 Å². The summed E-state index contributed by atoms with van der Waals surface area (Å²) in [6.07, 6.45) is 1.60. The van der Waals surface area contributed by atoms with Crippen LogP contribution in [0.25, 0.3) is 0 Å². The standard InChI is InChI=1S/C22H26N5OP/c1-29(2,28)20-10-8-18(9-11-20)25-21-16-22(24-17-23-21)27-14-12-26(13-15-27)19-6-4-3-5-7-19/h3-11,16-17H,12-15H2,1-2H3,(H,23,24,25). The van der Waals surface area contributed by atoms with Crippen LogP contribution >= 0.6 is 7.14 Å². The second kappa shape index (κ2) is 8.26. The lowest BCUT2D eigenvalue weighted by molar-refractivity contribution is 0.588. The Hall–Kier alpha value is -2.85. The summed E-state index contributed by atoms with van der Waals surface area (Å²) in [6.45, 7) is 7.33. The summed E-state index contributed by atoms with van der Waals surface area (Å²) in [5, 5.41) is 4.20. The summed E-state index contributed by atoms with van der Waals surface area (Å²) >= 11 is 0. The topological polar surface area (TPSA) is 61.4 Å². The first kappa shape index (κ1) is 19.5. The van der Waals surface area contributed by atoms with Gasteiger partial charge in [0.05, 0.1) is 0 Å². The maximum absolute atomic E-state index is 12.2. The molecule has 0 saturated carbocycles. The Labute approximate surface area is 172 Å². The molecule has 7 heteroatoms. The number of para-hydroxylation sites is 1. The van der Waals surface area contributed by atoms with Crippen molar-refractivity contribution in [1.82, 2.24) is 9.97 Å². The van der Waals surface area contributed by atoms with Crippen LogP contribution in [0.15, 0.2) is 67.0 Å². The number of piperazine rings is 1. The second-order valence-electron chi connectivity index (χ2n) is 7.59. The van der Waals surface area contributed by atoms with Gasteiger partial charge in [0.2, 0.25) is 0 Å². The molecular weight excluding hydrogens is 381 g/mol. The minimum Gasteiger partial charge on any atom is -0.368 e. The Kier molecular flexibility index (Phi) is 5.54. The van der Waals surface area contributed by atoms with Crippen molar-refractivity contribution in [3.63, 3.8) is 0 Å². The molecule has 1 saturated heterocycles. The van der Waals surface area contributed by atoms with Crippen molar-refractivity contribution in [2.75, 3.05) is 54.6 Å². The van der Waals surface area contributed by atoms with Crippen LogP contribution in [0.1, 0.15) is 0 Å². The molecule has 0 amide bonds. The number of hydrogen-bond acceptors (Lipinski definition) is 6. The molecule has 0 radical (unpaired) electrons. The van der Waals surface area contributed by atoms with E-state index >= 15 is 0 Å². The summed E-state index contributed by atoms with van der Waals surface area (Å²) in [4.78, 5) is 13.5. The van der Waals surface area contributed by atoms with Gasteiger partial charge in [-0.3, -0.25) is 0 Å². The molecule has 1 aromatic heterocycles. The molecule has 2 aromatic carbocycles. The van der Waals surface area contributed by atoms with E-state index in [0.717, 1.165) is 48.8 Å². The van der Waals surface area contributed by atoms with E-state index in [-0.39, 0.29) is 0 Å². The number of rotatable bonds is 5. The van der Waals surface area contributed by atoms with Gasteiger partial charge < -0.3 is 19.7 Å². The van der Waals surface area contributed by atoms with Gasteiger partial charge in [0.25, 0.3) is 0 Å². The van der Waals surface area contributed by atoms with Gasteiger partial charge >= 0.3 is 0 Å². The van der Waals surface area contributed by atoms with E-state index in [0.29, 0.717) is 0 Å². The number of benzene rings is 2. The van der Waals surface area contributed by atoms with Gasteiger partial charge in [0, 0.05) is 48.9 Å². The molecule has 150 valence electrons. The number of hydrogen-bond donors (Lipinski definition) is 1. The molecule has 1 aliphatic rings. The summed E-state index contributed by atoms with van der Waals surface area (Å²) in [5.41, 5.74) is 2.19. The quantitative estimate of drug-likeness (QED) is 0.650. The van der Waals surface area contributed by atoms with Crippen molar-refractivity contribution in [2.45, 2.75) is 0 Å². The zero-order valence-electron chi connectivity index (χ0n) is 16.8. The van der Waals surface area contributed by atoms with E-state index < -0.39 is 7.14 Å². The lowest BCUT2D eigenvalue weighted by Gasteiger charge is -2.36. The molecular formula is C22H26N5OP. The van der Waals surface area contributed by atoms with Crippen molar-refractivity contribution in [3.8, 4) is 0 Å². The van der Waals surface area contributed by atoms with Crippen LogP contribution in [-0.2, 0) is 4.57 Å². The fraction of sp³-hybridized carbons (Fsp3) is 0.273. The lowest BCUT2D eigenvalue weighted by atomic mass is 10.2. The average molecular weight is 407 g/mol. The van der Waals surface area contributed by atoms with Crippen LogP contribution in [0.5, 0.6) is 0 Å². The normalized spacial score (nSPS) is 14.7. The monoisotopic (exact) mass is 407 g/mol. The Balaban J connectivity index is 1.41. The third kappa shape index (κ3) is 4.77. The molecule has 29 heavy (non-hydrogen) atoms. The highest BCUT2D eigenvalue weighted by Gasteiger charge is 2.18. The van der Waals surface area contributed by atoms with Crippen LogP contribution < -0.4 is 20.4 Å². The fourth-order valence-electron chi connectivity index (χ4n) is 3.47. The molecule has 2 heterocycles. The predicted molar refractivity (Wildman–Crippen MR) is 122 cm³/mol. The molecule has 0 spiro atoms. The predicted octanol–water partition coefficient (Wildman–Crippen LogP) is 3.79. The molecule has 1 N–H and O–H groups in total. The smallest absolute Gasteiger partial charge is 0.135 e. The molecule has 0 atom stereocenters. The Morgan fingerprint density at radius 1 is 0.862 bits per heavy atom. The van der Waals surface area contributed by atoms with Crippen molar-refractivity contribution in [1.29, 1.82) is 0 Å². The average Bonchev–Trinajstić information content (AvgIpc) is 2.74. The van der Waals surface area contributed by atoms with Crippen molar-refractivity contribution >= 4 is 35.5 Å². The first-order valence-electron chi connectivity index (χ1n) is 9.79. The SMILES string of the molecule is CP(C)(=O)c1ccc(Nc2cc(N3CCN(c4ccccc4)CC3)ncn2)cc1. The number of nitrogens with zero attached hydrogens (tertiary/aromatic N) is 4. The van der Waals surface area contributed by atoms with Gasteiger partial charge in [-0.05, 0) is 49.7 Å². The highest BCUT2D eigenvalue weighted by molar-refractivity contribution is 7.70. The Morgan fingerprint density at radius 3 is 2.17 bits per heavy atom. The number of anilines is 4. The van der Waals surface area contributed by atoms with Crippen LogP contribution in [-0.4, -0.2) is 49.5 Å². The van der Waals surface area contributed by atoms with Gasteiger partial charge in [0.1, 0.15) is 25.1 Å². The van der Waals surface area contributed by atoms with E-state index in [9.17, 15) is 4.57 Å². The fourth-order valence-corrected chi connectivity index (χ4v) is 4.34. The van der Waals surface area contributed by atoms with Gasteiger partial charge in [0.15, 0.2) is 0 Å². The van der Waals surface area contributed by atoms with Crippen molar-refractivity contribution < 1.29 is 4.57 Å². The molecule has 0 bridgehead atoms. The molecule has 0 unspecified atom stereocenters. The number of nitrogens with one attached hydrogen (secondary N) is 1. The van der Waals surface area contributed by atoms with Crippen LogP contribution in [0.4, 0.5) is 23.0 Å². The molecule has 1 aliphatic heterocycles. The third-order valence-electron chi connectivity index (χ3n) is 5.14. The van der Waals surface area contributed by atoms with E-state index in [1.807, 2.05) is 36.4 Å². The van der Waals surface area contributed by atoms with Crippen molar-refractivity contribution in [2.24, 2.45) is 0 Å². The molecule has 4 rings (SSSR count). The largest absolute Gasteiger partial charge is 0.368 e. The van der Waals surface area contributed by atoms with Crippen LogP contribution in [0.2, 0.25) is 0 Å². The van der Waals surface area contributed by atoms with E-state index in [1.54, 1.807) is 19.7 Å². The zero-order chi connectivity index (χ0) is 20.3. The van der Waals surface area contributed by atoms with Gasteiger partial charge in [-0.15, -0.1) is 0 Å². The minimum atomic E-state index is -2.24. The number of aromatic nitrogens is 2. The van der Waals surface area contributed by atoms with Gasteiger partial charge in [-0.25, -0.2) is 9.97 Å². The second-order valence-corrected chi connectivity index (χ2v) is 10.8. The molecule has 0 aliphatic carbocycles. The summed E-state index contributed by atoms with van der Waals surface area (Å²) in [7, 11) is -2.24. The summed E-state index contributed by atoms with van der Waals surface area (Å²) < 4.78 is 12.2. The minimum absolute atomic E-state index is 0.754. The maximum Gasteiger partial charge on any atom is 0.135 e. The summed E-state index contributed by atoms with van der Waals surface area (Å²) in [5.74, 6) is 1.68. The van der Waals surface area contributed by atoms with E-state index in [1.165, 1.54) is 5.69 Å². The molecule has 1 fully saturated rings. The molecule has 6 nitrogen and oxygen atoms in total. The lowest BCUT2D eigenvalue weighted by Crippen LogP contribution is -2.46. The van der Waals surface area contributed by atoms with Gasteiger partial charge in [-0.2, -0.15) is 0 Å². The third-order valence-corrected chi connectivity index (χ3v) is 6.68. The Bertz CT molecular complexity index is 995. The van der Waals surface area contributed by atoms with Crippen LogP contribution in [0, 0.1) is 0 Å². The first-order valence-corrected chi connectivity index (χ1v) is 12.4. The highest BCUT2D eigenvalue weighted by Crippen LogP contribution is 2.34. The first-order chi connectivity index (χ1) is 14.0. The van der Waals surface area contributed by atoms with Gasteiger partial charge in [-0.1, -0.05) is 18.2 Å². The highest BCUT2D eigenvalue weighted by atomic mass is 31.2. The van der Waals surface area contributed by atoms with Crippen molar-refractivity contribution in [3.05, 3.63) is 67.0 Å². The zero-order valence-corrected chi connectivity index (χ0v) is 17.7. The maximum atomic E-state index is 12.2. The Morgan fingerprint density at radius 2 is 1.52 bits per heavy atom. The summed E-state index contributed by atoms with van der Waals surface area (Å²) in [6, 6.07) is 20.2. The van der Waals surface area contributed by atoms with E-state index in [2.05, 4.69) is 49.4 Å².